The quantitative estimate of drug-likeness (QED) is 0.918. The number of nitrogens with zero attached hydrogens (tertiary/aromatic N) is 2. The normalized spacial score (nSPS) is 21.4. The van der Waals surface area contributed by atoms with Crippen molar-refractivity contribution < 1.29 is 9.90 Å². The molecule has 21 heavy (non-hydrogen) atoms. The first kappa shape index (κ1) is 13.4. The second-order valence-corrected chi connectivity index (χ2v) is 5.83. The third kappa shape index (κ3) is 2.11. The van der Waals surface area contributed by atoms with Crippen LogP contribution in [0.5, 0.6) is 0 Å². The number of anilines is 1. The molecule has 2 aromatic carbocycles. The molecule has 1 N–H and O–H groups in total. The maximum Gasteiger partial charge on any atom is 0.311 e. The number of carboxylic acid groups (broad SMARTS) is 1. The van der Waals surface area contributed by atoms with E-state index in [0.717, 1.165) is 23.0 Å². The van der Waals surface area contributed by atoms with Crippen LogP contribution in [0.2, 0.25) is 0 Å². The molecule has 1 aliphatic heterocycles. The largest absolute Gasteiger partial charge is 0.481 e. The lowest BCUT2D eigenvalue weighted by molar-refractivity contribution is -0.146. The van der Waals surface area contributed by atoms with Crippen LogP contribution >= 0.6 is 0 Å². The Morgan fingerprint density at radius 1 is 1.29 bits per heavy atom. The van der Waals surface area contributed by atoms with Gasteiger partial charge in [0.1, 0.15) is 0 Å². The molecule has 1 heterocycles. The van der Waals surface area contributed by atoms with Crippen LogP contribution in [-0.2, 0) is 4.79 Å². The first-order valence-electron chi connectivity index (χ1n) is 6.95. The van der Waals surface area contributed by atoms with Gasteiger partial charge in [0, 0.05) is 29.5 Å². The number of nitriles is 1. The average molecular weight is 280 g/mol. The molecule has 106 valence electrons. The summed E-state index contributed by atoms with van der Waals surface area (Å²) in [5, 5.41) is 20.5. The molecule has 0 aromatic heterocycles. The number of hydrogen-bond acceptors (Lipinski definition) is 3. The number of rotatable bonds is 2. The Morgan fingerprint density at radius 2 is 2.00 bits per heavy atom. The van der Waals surface area contributed by atoms with E-state index >= 15 is 0 Å². The van der Waals surface area contributed by atoms with E-state index in [2.05, 4.69) is 11.0 Å². The van der Waals surface area contributed by atoms with E-state index in [1.165, 1.54) is 0 Å². The van der Waals surface area contributed by atoms with Crippen molar-refractivity contribution in [3.05, 3.63) is 42.0 Å². The summed E-state index contributed by atoms with van der Waals surface area (Å²) in [6.45, 7) is 3.01. The zero-order chi connectivity index (χ0) is 15.0. The van der Waals surface area contributed by atoms with Crippen LogP contribution in [0.3, 0.4) is 0 Å². The zero-order valence-electron chi connectivity index (χ0n) is 11.8. The Labute approximate surface area is 123 Å². The Kier molecular flexibility index (Phi) is 3.06. The molecule has 1 unspecified atom stereocenters. The molecule has 1 saturated heterocycles. The maximum absolute atomic E-state index is 11.4. The van der Waals surface area contributed by atoms with Crippen molar-refractivity contribution in [3.63, 3.8) is 0 Å². The summed E-state index contributed by atoms with van der Waals surface area (Å²) in [5.41, 5.74) is 0.957. The summed E-state index contributed by atoms with van der Waals surface area (Å²) < 4.78 is 0. The molecule has 4 heteroatoms. The second-order valence-electron chi connectivity index (χ2n) is 5.83. The van der Waals surface area contributed by atoms with Crippen LogP contribution in [0, 0.1) is 16.7 Å². The molecule has 0 saturated carbocycles. The van der Waals surface area contributed by atoms with Crippen LogP contribution < -0.4 is 4.90 Å². The number of hydrogen-bond donors (Lipinski definition) is 1. The Morgan fingerprint density at radius 3 is 2.62 bits per heavy atom. The lowest BCUT2D eigenvalue weighted by Gasteiger charge is -2.23. The van der Waals surface area contributed by atoms with Crippen LogP contribution in [0.25, 0.3) is 10.8 Å². The van der Waals surface area contributed by atoms with E-state index in [1.807, 2.05) is 36.4 Å². The number of aliphatic carboxylic acids is 1. The molecule has 0 aliphatic carbocycles. The summed E-state index contributed by atoms with van der Waals surface area (Å²) in [7, 11) is 0. The molecule has 1 aliphatic rings. The van der Waals surface area contributed by atoms with Crippen LogP contribution in [0.1, 0.15) is 18.9 Å². The van der Waals surface area contributed by atoms with Crippen LogP contribution in [0.15, 0.2) is 36.4 Å². The molecular weight excluding hydrogens is 264 g/mol. The first-order chi connectivity index (χ1) is 10.0. The Balaban J connectivity index is 2.07. The van der Waals surface area contributed by atoms with Crippen LogP contribution in [-0.4, -0.2) is 24.2 Å². The molecule has 1 fully saturated rings. The molecule has 0 amide bonds. The van der Waals surface area contributed by atoms with E-state index < -0.39 is 11.4 Å². The number of carbonyl (C=O) groups is 1. The highest BCUT2D eigenvalue weighted by Crippen LogP contribution is 2.37. The van der Waals surface area contributed by atoms with E-state index in [-0.39, 0.29) is 0 Å². The van der Waals surface area contributed by atoms with Crippen molar-refractivity contribution in [3.8, 4) is 6.07 Å². The number of carboxylic acids is 1. The van der Waals surface area contributed by atoms with E-state index in [0.29, 0.717) is 18.5 Å². The van der Waals surface area contributed by atoms with Crippen molar-refractivity contribution in [2.24, 2.45) is 5.41 Å². The predicted molar refractivity (Wildman–Crippen MR) is 81.2 cm³/mol. The summed E-state index contributed by atoms with van der Waals surface area (Å²) >= 11 is 0. The minimum absolute atomic E-state index is 0.498. The third-order valence-electron chi connectivity index (χ3n) is 4.35. The standard InChI is InChI=1S/C17H16N2O2/c1-17(16(20)21)8-9-19(11-17)15-7-6-12(10-18)13-4-2-3-5-14(13)15/h2-7H,8-9,11H2,1H3,(H,20,21). The van der Waals surface area contributed by atoms with Gasteiger partial charge in [-0.25, -0.2) is 0 Å². The monoisotopic (exact) mass is 280 g/mol. The van der Waals surface area contributed by atoms with E-state index in [4.69, 9.17) is 0 Å². The molecular formula is C17H16N2O2. The van der Waals surface area contributed by atoms with Gasteiger partial charge in [0.05, 0.1) is 17.0 Å². The molecule has 0 bridgehead atoms. The van der Waals surface area contributed by atoms with Gasteiger partial charge >= 0.3 is 5.97 Å². The minimum Gasteiger partial charge on any atom is -0.481 e. The van der Waals surface area contributed by atoms with Gasteiger partial charge in [-0.05, 0) is 25.5 Å². The van der Waals surface area contributed by atoms with Crippen molar-refractivity contribution in [1.82, 2.24) is 0 Å². The lowest BCUT2D eigenvalue weighted by atomic mass is 9.90. The summed E-state index contributed by atoms with van der Waals surface area (Å²) in [6.07, 6.45) is 0.636. The average Bonchev–Trinajstić information content (AvgIpc) is 2.90. The topological polar surface area (TPSA) is 64.3 Å². The van der Waals surface area contributed by atoms with Gasteiger partial charge in [-0.3, -0.25) is 4.79 Å². The highest BCUT2D eigenvalue weighted by Gasteiger charge is 2.40. The van der Waals surface area contributed by atoms with Gasteiger partial charge in [-0.1, -0.05) is 24.3 Å². The van der Waals surface area contributed by atoms with Crippen LogP contribution in [0.4, 0.5) is 5.69 Å². The molecule has 4 nitrogen and oxygen atoms in total. The Bertz CT molecular complexity index is 763. The van der Waals surface area contributed by atoms with Gasteiger partial charge in [-0.15, -0.1) is 0 Å². The smallest absolute Gasteiger partial charge is 0.311 e. The summed E-state index contributed by atoms with van der Waals surface area (Å²) in [6, 6.07) is 13.7. The highest BCUT2D eigenvalue weighted by atomic mass is 16.4. The maximum atomic E-state index is 11.4. The molecule has 3 rings (SSSR count). The third-order valence-corrected chi connectivity index (χ3v) is 4.35. The van der Waals surface area contributed by atoms with Crippen molar-refractivity contribution >= 4 is 22.4 Å². The van der Waals surface area contributed by atoms with Gasteiger partial charge in [0.25, 0.3) is 0 Å². The lowest BCUT2D eigenvalue weighted by Crippen LogP contribution is -2.31. The van der Waals surface area contributed by atoms with Crippen molar-refractivity contribution in [2.45, 2.75) is 13.3 Å². The number of fused-ring (bicyclic) bond motifs is 1. The molecule has 2 aromatic rings. The van der Waals surface area contributed by atoms with Crippen molar-refractivity contribution in [1.29, 1.82) is 5.26 Å². The summed E-state index contributed by atoms with van der Waals surface area (Å²) in [4.78, 5) is 13.5. The predicted octanol–water partition coefficient (Wildman–Crippen LogP) is 3.01. The zero-order valence-corrected chi connectivity index (χ0v) is 11.8. The Hall–Kier alpha value is -2.54. The molecule has 1 atom stereocenters. The van der Waals surface area contributed by atoms with Gasteiger partial charge < -0.3 is 10.0 Å². The number of benzene rings is 2. The first-order valence-corrected chi connectivity index (χ1v) is 6.95. The fourth-order valence-corrected chi connectivity index (χ4v) is 3.00. The van der Waals surface area contributed by atoms with E-state index in [1.54, 1.807) is 6.92 Å². The minimum atomic E-state index is -0.747. The fraction of sp³-hybridized carbons (Fsp3) is 0.294. The van der Waals surface area contributed by atoms with Gasteiger partial charge in [0.15, 0.2) is 0 Å². The summed E-state index contributed by atoms with van der Waals surface area (Å²) in [5.74, 6) is -0.747. The molecule has 0 radical (unpaired) electrons. The SMILES string of the molecule is CC1(C(=O)O)CCN(c2ccc(C#N)c3ccccc23)C1. The highest BCUT2D eigenvalue weighted by molar-refractivity contribution is 5.98. The van der Waals surface area contributed by atoms with Gasteiger partial charge in [-0.2, -0.15) is 5.26 Å². The second kappa shape index (κ2) is 4.78. The fourth-order valence-electron chi connectivity index (χ4n) is 3.00. The van der Waals surface area contributed by atoms with Crippen molar-refractivity contribution in [2.75, 3.05) is 18.0 Å². The van der Waals surface area contributed by atoms with Gasteiger partial charge in [0.2, 0.25) is 0 Å². The molecule has 0 spiro atoms. The van der Waals surface area contributed by atoms with E-state index in [9.17, 15) is 15.2 Å².